The molecular formula is C12H11BrFNO3S. The van der Waals surface area contributed by atoms with Gasteiger partial charge in [0.05, 0.1) is 23.7 Å². The Hall–Kier alpha value is -0.970. The maximum Gasteiger partial charge on any atom is 0.152 e. The van der Waals surface area contributed by atoms with E-state index in [9.17, 15) is 23.2 Å². The quantitative estimate of drug-likeness (QED) is 0.886. The minimum absolute atomic E-state index is 0.0802. The van der Waals surface area contributed by atoms with Crippen LogP contribution in [0.5, 0.6) is 0 Å². The average Bonchev–Trinajstić information content (AvgIpc) is 2.65. The van der Waals surface area contributed by atoms with Crippen molar-refractivity contribution >= 4 is 25.8 Å². The summed E-state index contributed by atoms with van der Waals surface area (Å²) in [6, 6.07) is 5.62. The second-order valence-electron chi connectivity index (χ2n) is 4.68. The smallest absolute Gasteiger partial charge is 0.152 e. The lowest BCUT2D eigenvalue weighted by molar-refractivity contribution is 0.0786. The first-order valence-electron chi connectivity index (χ1n) is 5.54. The van der Waals surface area contributed by atoms with Crippen LogP contribution in [0.15, 0.2) is 22.7 Å². The van der Waals surface area contributed by atoms with Gasteiger partial charge in [-0.3, -0.25) is 0 Å². The number of aliphatic hydroxyl groups excluding tert-OH is 1. The zero-order chi connectivity index (χ0) is 14.3. The van der Waals surface area contributed by atoms with Crippen LogP contribution in [0.3, 0.4) is 0 Å². The first kappa shape index (κ1) is 14.4. The summed E-state index contributed by atoms with van der Waals surface area (Å²) in [5, 5.41) is 19.6. The summed E-state index contributed by atoms with van der Waals surface area (Å²) in [6.07, 6.45) is -1.19. The lowest BCUT2D eigenvalue weighted by Gasteiger charge is -2.26. The number of sulfone groups is 1. The van der Waals surface area contributed by atoms with Crippen molar-refractivity contribution in [2.75, 3.05) is 11.5 Å². The van der Waals surface area contributed by atoms with E-state index < -0.39 is 27.2 Å². The molecule has 1 aliphatic heterocycles. The van der Waals surface area contributed by atoms with Gasteiger partial charge >= 0.3 is 0 Å². The topological polar surface area (TPSA) is 78.2 Å². The van der Waals surface area contributed by atoms with Crippen LogP contribution in [-0.2, 0) is 9.84 Å². The third-order valence-electron chi connectivity index (χ3n) is 3.34. The SMILES string of the molecule is N#CC1(C(O)c2ccc(F)cc2Br)CCS(=O)(=O)C1. The van der Waals surface area contributed by atoms with Crippen LogP contribution in [-0.4, -0.2) is 25.0 Å². The van der Waals surface area contributed by atoms with E-state index in [4.69, 9.17) is 0 Å². The van der Waals surface area contributed by atoms with Crippen molar-refractivity contribution in [3.63, 3.8) is 0 Å². The monoisotopic (exact) mass is 347 g/mol. The zero-order valence-electron chi connectivity index (χ0n) is 9.81. The predicted molar refractivity (Wildman–Crippen MR) is 70.4 cm³/mol. The van der Waals surface area contributed by atoms with Gasteiger partial charge in [-0.1, -0.05) is 22.0 Å². The van der Waals surface area contributed by atoms with Gasteiger partial charge in [0.15, 0.2) is 9.84 Å². The lowest BCUT2D eigenvalue weighted by atomic mass is 9.80. The summed E-state index contributed by atoms with van der Waals surface area (Å²) in [4.78, 5) is 0. The molecule has 1 fully saturated rings. The normalized spacial score (nSPS) is 26.8. The third-order valence-corrected chi connectivity index (χ3v) is 5.81. The van der Waals surface area contributed by atoms with Crippen LogP contribution in [0.4, 0.5) is 4.39 Å². The number of halogens is 2. The number of nitriles is 1. The molecule has 0 radical (unpaired) electrons. The van der Waals surface area contributed by atoms with Crippen LogP contribution >= 0.6 is 15.9 Å². The fraction of sp³-hybridized carbons (Fsp3) is 0.417. The minimum atomic E-state index is -3.31. The van der Waals surface area contributed by atoms with E-state index in [1.54, 1.807) is 0 Å². The highest BCUT2D eigenvalue weighted by molar-refractivity contribution is 9.10. The summed E-state index contributed by atoms with van der Waals surface area (Å²) in [5.74, 6) is -0.967. The molecule has 0 saturated carbocycles. The van der Waals surface area contributed by atoms with Crippen LogP contribution in [0.1, 0.15) is 18.1 Å². The summed E-state index contributed by atoms with van der Waals surface area (Å²) < 4.78 is 36.4. The molecule has 1 saturated heterocycles. The Morgan fingerprint density at radius 3 is 2.68 bits per heavy atom. The Balaban J connectivity index is 2.43. The Kier molecular flexibility index (Phi) is 3.69. The molecule has 2 rings (SSSR count). The minimum Gasteiger partial charge on any atom is -0.387 e. The Morgan fingerprint density at radius 2 is 2.21 bits per heavy atom. The molecule has 0 aliphatic carbocycles. The first-order valence-corrected chi connectivity index (χ1v) is 8.16. The molecule has 1 aromatic rings. The van der Waals surface area contributed by atoms with Crippen LogP contribution in [0.2, 0.25) is 0 Å². The van der Waals surface area contributed by atoms with Crippen LogP contribution in [0, 0.1) is 22.6 Å². The van der Waals surface area contributed by atoms with Gasteiger partial charge < -0.3 is 5.11 Å². The molecule has 2 atom stereocenters. The van der Waals surface area contributed by atoms with Crippen LogP contribution < -0.4 is 0 Å². The van der Waals surface area contributed by atoms with E-state index in [1.165, 1.54) is 12.1 Å². The van der Waals surface area contributed by atoms with E-state index in [0.717, 1.165) is 6.07 Å². The molecule has 1 N–H and O–H groups in total. The van der Waals surface area contributed by atoms with Gasteiger partial charge in [0.1, 0.15) is 11.2 Å². The molecule has 1 aromatic carbocycles. The van der Waals surface area contributed by atoms with Gasteiger partial charge in [-0.05, 0) is 24.1 Å². The van der Waals surface area contributed by atoms with Crippen molar-refractivity contribution in [2.24, 2.45) is 5.41 Å². The van der Waals surface area contributed by atoms with Crippen molar-refractivity contribution in [2.45, 2.75) is 12.5 Å². The largest absolute Gasteiger partial charge is 0.387 e. The highest BCUT2D eigenvalue weighted by atomic mass is 79.9. The predicted octanol–water partition coefficient (Wildman–Crippen LogP) is 1.95. The summed E-state index contributed by atoms with van der Waals surface area (Å²) in [7, 11) is -3.31. The average molecular weight is 348 g/mol. The lowest BCUT2D eigenvalue weighted by Crippen LogP contribution is -2.29. The van der Waals surface area contributed by atoms with E-state index in [-0.39, 0.29) is 17.9 Å². The van der Waals surface area contributed by atoms with Gasteiger partial charge in [-0.15, -0.1) is 0 Å². The van der Waals surface area contributed by atoms with Crippen molar-refractivity contribution in [3.8, 4) is 6.07 Å². The van der Waals surface area contributed by atoms with Gasteiger partial charge in [0.25, 0.3) is 0 Å². The molecule has 0 spiro atoms. The first-order chi connectivity index (χ1) is 8.80. The Morgan fingerprint density at radius 1 is 1.53 bits per heavy atom. The summed E-state index contributed by atoms with van der Waals surface area (Å²) in [5.41, 5.74) is -1.04. The standard InChI is InChI=1S/C12H11BrFNO3S/c13-10-5-8(14)1-2-9(10)11(16)12(6-15)3-4-19(17,18)7-12/h1-2,5,11,16H,3-4,7H2. The number of nitrogens with zero attached hydrogens (tertiary/aromatic N) is 1. The second-order valence-corrected chi connectivity index (χ2v) is 7.72. The highest BCUT2D eigenvalue weighted by Crippen LogP contribution is 2.44. The van der Waals surface area contributed by atoms with Crippen molar-refractivity contribution < 1.29 is 17.9 Å². The summed E-state index contributed by atoms with van der Waals surface area (Å²) >= 11 is 3.12. The van der Waals surface area contributed by atoms with Crippen LogP contribution in [0.25, 0.3) is 0 Å². The molecular weight excluding hydrogens is 337 g/mol. The van der Waals surface area contributed by atoms with Crippen molar-refractivity contribution in [3.05, 3.63) is 34.1 Å². The molecule has 19 heavy (non-hydrogen) atoms. The Labute approximate surface area is 118 Å². The van der Waals surface area contributed by atoms with Crippen molar-refractivity contribution in [1.29, 1.82) is 5.26 Å². The number of hydrogen-bond donors (Lipinski definition) is 1. The molecule has 4 nitrogen and oxygen atoms in total. The molecule has 1 heterocycles. The summed E-state index contributed by atoms with van der Waals surface area (Å²) in [6.45, 7) is 0. The van der Waals surface area contributed by atoms with Gasteiger partial charge in [-0.25, -0.2) is 12.8 Å². The Bertz CT molecular complexity index is 655. The molecule has 1 aliphatic rings. The van der Waals surface area contributed by atoms with E-state index >= 15 is 0 Å². The fourth-order valence-electron chi connectivity index (χ4n) is 2.26. The van der Waals surface area contributed by atoms with E-state index in [2.05, 4.69) is 15.9 Å². The van der Waals surface area contributed by atoms with Gasteiger partial charge in [0, 0.05) is 4.47 Å². The molecule has 0 bridgehead atoms. The van der Waals surface area contributed by atoms with Gasteiger partial charge in [0.2, 0.25) is 0 Å². The maximum absolute atomic E-state index is 13.0. The highest BCUT2D eigenvalue weighted by Gasteiger charge is 2.49. The van der Waals surface area contributed by atoms with Gasteiger partial charge in [-0.2, -0.15) is 5.26 Å². The van der Waals surface area contributed by atoms with Crippen molar-refractivity contribution in [1.82, 2.24) is 0 Å². The molecule has 0 aromatic heterocycles. The molecule has 7 heteroatoms. The molecule has 102 valence electrons. The fourth-order valence-corrected chi connectivity index (χ4v) is 4.80. The number of rotatable bonds is 2. The number of aliphatic hydroxyl groups is 1. The molecule has 2 unspecified atom stereocenters. The number of hydrogen-bond acceptors (Lipinski definition) is 4. The maximum atomic E-state index is 13.0. The van der Waals surface area contributed by atoms with E-state index in [1.807, 2.05) is 6.07 Å². The van der Waals surface area contributed by atoms with E-state index in [0.29, 0.717) is 10.0 Å². The zero-order valence-corrected chi connectivity index (χ0v) is 12.2. The second kappa shape index (κ2) is 4.85. The third kappa shape index (κ3) is 2.66. The molecule has 0 amide bonds. The number of benzene rings is 1.